The molecule has 21 heavy (non-hydrogen) atoms. The summed E-state index contributed by atoms with van der Waals surface area (Å²) in [4.78, 5) is 0. The van der Waals surface area contributed by atoms with E-state index >= 15 is 0 Å². The number of nitrogens with zero attached hydrogens (tertiary/aromatic N) is 2. The highest BCUT2D eigenvalue weighted by molar-refractivity contribution is 5.55. The van der Waals surface area contributed by atoms with E-state index in [2.05, 4.69) is 22.4 Å². The van der Waals surface area contributed by atoms with Crippen LogP contribution in [0.25, 0.3) is 11.5 Å². The molecular formula is C15H20FN3O2. The normalized spacial score (nSPS) is 12.4. The van der Waals surface area contributed by atoms with Gasteiger partial charge >= 0.3 is 0 Å². The summed E-state index contributed by atoms with van der Waals surface area (Å²) in [5.41, 5.74) is 0.278. The predicted octanol–water partition coefficient (Wildman–Crippen LogP) is 3.34. The van der Waals surface area contributed by atoms with Gasteiger partial charge in [-0.25, -0.2) is 4.39 Å². The van der Waals surface area contributed by atoms with Gasteiger partial charge in [-0.1, -0.05) is 13.8 Å². The van der Waals surface area contributed by atoms with Crippen molar-refractivity contribution >= 4 is 0 Å². The van der Waals surface area contributed by atoms with Crippen LogP contribution < -0.4 is 10.1 Å². The lowest BCUT2D eigenvalue weighted by Gasteiger charge is -2.11. The van der Waals surface area contributed by atoms with Crippen molar-refractivity contribution in [1.29, 1.82) is 0 Å². The van der Waals surface area contributed by atoms with Crippen LogP contribution in [0, 0.1) is 5.82 Å². The van der Waals surface area contributed by atoms with E-state index in [-0.39, 0.29) is 17.5 Å². The van der Waals surface area contributed by atoms with Crippen LogP contribution in [-0.2, 0) is 0 Å². The molecule has 1 N–H and O–H groups in total. The smallest absolute Gasteiger partial charge is 0.250 e. The van der Waals surface area contributed by atoms with Gasteiger partial charge in [0.25, 0.3) is 5.89 Å². The standard InChI is InChI=1S/C15H20FN3O2/c1-4-8-17-13(5-2)15-19-18-14(21-15)11-7-6-10(20-3)9-12(11)16/h6-7,9,13,17H,4-5,8H2,1-3H3. The maximum absolute atomic E-state index is 14.0. The topological polar surface area (TPSA) is 60.2 Å². The summed E-state index contributed by atoms with van der Waals surface area (Å²) in [5, 5.41) is 11.3. The van der Waals surface area contributed by atoms with Crippen molar-refractivity contribution in [3.05, 3.63) is 29.9 Å². The Kier molecular flexibility index (Phi) is 5.27. The van der Waals surface area contributed by atoms with Crippen LogP contribution in [0.3, 0.4) is 0 Å². The van der Waals surface area contributed by atoms with Crippen LogP contribution in [0.5, 0.6) is 5.75 Å². The average Bonchev–Trinajstić information content (AvgIpc) is 2.97. The summed E-state index contributed by atoms with van der Waals surface area (Å²) in [7, 11) is 1.49. The number of halogens is 1. The van der Waals surface area contributed by atoms with Crippen molar-refractivity contribution in [3.63, 3.8) is 0 Å². The fourth-order valence-electron chi connectivity index (χ4n) is 2.01. The molecule has 1 unspecified atom stereocenters. The minimum absolute atomic E-state index is 0.00694. The second-order valence-corrected chi connectivity index (χ2v) is 4.71. The lowest BCUT2D eigenvalue weighted by atomic mass is 10.2. The second-order valence-electron chi connectivity index (χ2n) is 4.71. The van der Waals surface area contributed by atoms with Gasteiger partial charge in [-0.3, -0.25) is 0 Å². The molecule has 0 radical (unpaired) electrons. The van der Waals surface area contributed by atoms with Crippen LogP contribution in [0.4, 0.5) is 4.39 Å². The fraction of sp³-hybridized carbons (Fsp3) is 0.467. The zero-order valence-corrected chi connectivity index (χ0v) is 12.5. The Labute approximate surface area is 123 Å². The van der Waals surface area contributed by atoms with Crippen molar-refractivity contribution in [2.75, 3.05) is 13.7 Å². The van der Waals surface area contributed by atoms with Crippen molar-refractivity contribution in [2.45, 2.75) is 32.7 Å². The molecule has 2 aromatic rings. The summed E-state index contributed by atoms with van der Waals surface area (Å²) in [6, 6.07) is 4.53. The van der Waals surface area contributed by atoms with Gasteiger partial charge in [-0.05, 0) is 31.5 Å². The summed E-state index contributed by atoms with van der Waals surface area (Å²) in [6.45, 7) is 4.99. The second kappa shape index (κ2) is 7.17. The van der Waals surface area contributed by atoms with Crippen LogP contribution >= 0.6 is 0 Å². The molecular weight excluding hydrogens is 273 g/mol. The van der Waals surface area contributed by atoms with E-state index < -0.39 is 5.82 Å². The Morgan fingerprint density at radius 2 is 2.14 bits per heavy atom. The van der Waals surface area contributed by atoms with Gasteiger partial charge in [0.05, 0.1) is 18.7 Å². The molecule has 0 saturated carbocycles. The monoisotopic (exact) mass is 293 g/mol. The zero-order chi connectivity index (χ0) is 15.2. The average molecular weight is 293 g/mol. The van der Waals surface area contributed by atoms with E-state index in [1.165, 1.54) is 13.2 Å². The maximum Gasteiger partial charge on any atom is 0.250 e. The number of hydrogen-bond donors (Lipinski definition) is 1. The Balaban J connectivity index is 2.22. The van der Waals surface area contributed by atoms with E-state index in [0.29, 0.717) is 11.6 Å². The van der Waals surface area contributed by atoms with Crippen molar-refractivity contribution in [1.82, 2.24) is 15.5 Å². The van der Waals surface area contributed by atoms with Gasteiger partial charge in [0.1, 0.15) is 11.6 Å². The molecule has 114 valence electrons. The molecule has 1 atom stereocenters. The van der Waals surface area contributed by atoms with Crippen LogP contribution in [-0.4, -0.2) is 23.9 Å². The number of methoxy groups -OCH3 is 1. The summed E-state index contributed by atoms with van der Waals surface area (Å²) in [5.74, 6) is 0.671. The summed E-state index contributed by atoms with van der Waals surface area (Å²) >= 11 is 0. The van der Waals surface area contributed by atoms with E-state index in [9.17, 15) is 4.39 Å². The molecule has 1 aromatic heterocycles. The molecule has 0 aliphatic rings. The summed E-state index contributed by atoms with van der Waals surface area (Å²) < 4.78 is 24.6. The van der Waals surface area contributed by atoms with Crippen molar-refractivity contribution in [3.8, 4) is 17.2 Å². The number of nitrogens with one attached hydrogen (secondary N) is 1. The lowest BCUT2D eigenvalue weighted by Crippen LogP contribution is -2.21. The highest BCUT2D eigenvalue weighted by atomic mass is 19.1. The van der Waals surface area contributed by atoms with E-state index in [1.54, 1.807) is 12.1 Å². The number of rotatable bonds is 7. The quantitative estimate of drug-likeness (QED) is 0.848. The van der Waals surface area contributed by atoms with Crippen LogP contribution in [0.1, 0.15) is 38.6 Å². The minimum atomic E-state index is -0.445. The molecule has 0 fully saturated rings. The van der Waals surface area contributed by atoms with Crippen LogP contribution in [0.15, 0.2) is 22.6 Å². The Hall–Kier alpha value is -1.95. The van der Waals surface area contributed by atoms with Gasteiger partial charge in [0.2, 0.25) is 5.89 Å². The maximum atomic E-state index is 14.0. The predicted molar refractivity (Wildman–Crippen MR) is 77.6 cm³/mol. The van der Waals surface area contributed by atoms with Crippen molar-refractivity contribution in [2.24, 2.45) is 0 Å². The fourth-order valence-corrected chi connectivity index (χ4v) is 2.01. The first-order valence-electron chi connectivity index (χ1n) is 7.10. The molecule has 0 spiro atoms. The van der Waals surface area contributed by atoms with E-state index in [1.807, 2.05) is 6.92 Å². The number of hydrogen-bond acceptors (Lipinski definition) is 5. The van der Waals surface area contributed by atoms with Crippen LogP contribution in [0.2, 0.25) is 0 Å². The number of benzene rings is 1. The molecule has 0 aliphatic carbocycles. The van der Waals surface area contributed by atoms with Gasteiger partial charge in [-0.15, -0.1) is 10.2 Å². The summed E-state index contributed by atoms with van der Waals surface area (Å²) in [6.07, 6.45) is 1.84. The van der Waals surface area contributed by atoms with E-state index in [4.69, 9.17) is 9.15 Å². The van der Waals surface area contributed by atoms with E-state index in [0.717, 1.165) is 19.4 Å². The van der Waals surface area contributed by atoms with Gasteiger partial charge < -0.3 is 14.5 Å². The molecule has 0 bridgehead atoms. The highest BCUT2D eigenvalue weighted by Crippen LogP contribution is 2.27. The first kappa shape index (κ1) is 15.4. The highest BCUT2D eigenvalue weighted by Gasteiger charge is 2.19. The Bertz CT molecular complexity index is 586. The van der Waals surface area contributed by atoms with Gasteiger partial charge in [0, 0.05) is 6.07 Å². The molecule has 1 aromatic carbocycles. The first-order valence-corrected chi connectivity index (χ1v) is 7.10. The molecule has 0 saturated heterocycles. The third kappa shape index (κ3) is 3.58. The molecule has 0 amide bonds. The molecule has 2 rings (SSSR count). The first-order chi connectivity index (χ1) is 10.2. The molecule has 1 heterocycles. The molecule has 0 aliphatic heterocycles. The van der Waals surface area contributed by atoms with Gasteiger partial charge in [-0.2, -0.15) is 0 Å². The largest absolute Gasteiger partial charge is 0.497 e. The third-order valence-electron chi connectivity index (χ3n) is 3.19. The third-order valence-corrected chi connectivity index (χ3v) is 3.19. The molecule has 6 heteroatoms. The number of aromatic nitrogens is 2. The van der Waals surface area contributed by atoms with Gasteiger partial charge in [0.15, 0.2) is 0 Å². The van der Waals surface area contributed by atoms with Crippen molar-refractivity contribution < 1.29 is 13.5 Å². The SMILES string of the molecule is CCCNC(CC)c1nnc(-c2ccc(OC)cc2F)o1. The number of ether oxygens (including phenoxy) is 1. The zero-order valence-electron chi connectivity index (χ0n) is 12.5. The minimum Gasteiger partial charge on any atom is -0.497 e. The Morgan fingerprint density at radius 3 is 2.76 bits per heavy atom. The Morgan fingerprint density at radius 1 is 1.33 bits per heavy atom. The molecule has 5 nitrogen and oxygen atoms in total. The lowest BCUT2D eigenvalue weighted by molar-refractivity contribution is 0.395.